The van der Waals surface area contributed by atoms with Crippen molar-refractivity contribution in [2.45, 2.75) is 148 Å². The van der Waals surface area contributed by atoms with E-state index < -0.39 is 0 Å². The van der Waals surface area contributed by atoms with Gasteiger partial charge in [-0.25, -0.2) is 0 Å². The number of piperidine rings is 1. The summed E-state index contributed by atoms with van der Waals surface area (Å²) in [4.78, 5) is 27.6. The van der Waals surface area contributed by atoms with Crippen molar-refractivity contribution in [2.75, 3.05) is 26.2 Å². The van der Waals surface area contributed by atoms with E-state index in [1.165, 1.54) is 24.8 Å². The molecule has 7 rings (SSSR count). The Kier molecular flexibility index (Phi) is 11.7. The maximum absolute atomic E-state index is 12.8. The summed E-state index contributed by atoms with van der Waals surface area (Å²) in [7, 11) is 0. The second-order valence-electron chi connectivity index (χ2n) is 18.1. The van der Waals surface area contributed by atoms with Gasteiger partial charge in [0.15, 0.2) is 0 Å². The van der Waals surface area contributed by atoms with Crippen LogP contribution in [0.3, 0.4) is 0 Å². The molecule has 2 aliphatic heterocycles. The number of nitrogens with zero attached hydrogens (tertiary/aromatic N) is 1. The number of nitrogens with one attached hydrogen (secondary N) is 2. The van der Waals surface area contributed by atoms with Gasteiger partial charge in [-0.2, -0.15) is 0 Å². The highest BCUT2D eigenvalue weighted by molar-refractivity contribution is 5.76. The first kappa shape index (κ1) is 37.8. The number of unbranched alkanes of at least 4 members (excludes halogenated alkanes) is 3. The topological polar surface area (TPSA) is 90.9 Å². The highest BCUT2D eigenvalue weighted by atomic mass is 16.5. The fourth-order valence-corrected chi connectivity index (χ4v) is 12.1. The van der Waals surface area contributed by atoms with E-state index in [2.05, 4.69) is 61.4 Å². The number of rotatable bonds is 13. The van der Waals surface area contributed by atoms with Crippen LogP contribution in [0.1, 0.15) is 123 Å². The molecule has 0 aromatic heterocycles. The van der Waals surface area contributed by atoms with E-state index in [0.717, 1.165) is 83.2 Å². The van der Waals surface area contributed by atoms with Crippen molar-refractivity contribution in [3.8, 4) is 0 Å². The molecule has 10 atom stereocenters. The number of hydrogen-bond donors (Lipinski definition) is 3. The molecule has 286 valence electrons. The normalized spacial score (nSPS) is 36.8. The number of amides is 2. The zero-order chi connectivity index (χ0) is 36.5. The van der Waals surface area contributed by atoms with E-state index in [1.807, 2.05) is 18.2 Å². The number of aliphatic hydroxyl groups excluding tert-OH is 1. The molecule has 52 heavy (non-hydrogen) atoms. The Morgan fingerprint density at radius 3 is 2.56 bits per heavy atom. The van der Waals surface area contributed by atoms with Crippen molar-refractivity contribution in [3.05, 3.63) is 58.7 Å². The largest absolute Gasteiger partial charge is 0.393 e. The van der Waals surface area contributed by atoms with Crippen molar-refractivity contribution in [2.24, 2.45) is 35.0 Å². The molecule has 2 saturated heterocycles. The Balaban J connectivity index is 0.859. The van der Waals surface area contributed by atoms with Gasteiger partial charge in [0.1, 0.15) is 0 Å². The smallest absolute Gasteiger partial charge is 0.220 e. The number of aliphatic hydroxyl groups is 1. The lowest BCUT2D eigenvalue weighted by Crippen LogP contribution is -2.54. The first-order valence-corrected chi connectivity index (χ1v) is 21.2. The molecular weight excluding hydrogens is 647 g/mol. The standard InChI is InChI=1S/C45H67N3O4/c1-30-26-40-43(48(29-30)25-24-47-41(50)14-10-5-6-11-23-46-42(51)18-15-33-12-8-7-9-13-33)32(3)45(52-40)22-20-36-37-17-16-34-27-35(49)19-21-44(34,4)39(37)28-38(36)31(45)2/h7-9,12-13,16,30,32,35-37,39-40,43,49H,5-6,10-11,14-15,17-29H2,1-4H3,(H,46,51)(H,47,50)/t30-,32+,35?,36-,37-,39-,40+,43-,44-,45-/m0/s1. The van der Waals surface area contributed by atoms with Gasteiger partial charge in [0.05, 0.1) is 17.8 Å². The molecule has 1 spiro atoms. The molecular formula is C45H67N3O4. The fourth-order valence-electron chi connectivity index (χ4n) is 12.1. The van der Waals surface area contributed by atoms with E-state index in [9.17, 15) is 14.7 Å². The SMILES string of the molecule is CC1=C2C[C@H]3[C@@H](CC=C4CC(O)CC[C@@]43C)[C@@H]2CC[C@]12O[C@@H]1C[C@H](C)CN(CCNC(=O)CCCCCCNC(=O)CCc3ccccc3)[C@H]1[C@H]2C. The van der Waals surface area contributed by atoms with E-state index in [-0.39, 0.29) is 35.0 Å². The van der Waals surface area contributed by atoms with Crippen molar-refractivity contribution in [3.63, 3.8) is 0 Å². The molecule has 6 aliphatic rings. The minimum absolute atomic E-state index is 0.116. The Morgan fingerprint density at radius 2 is 1.73 bits per heavy atom. The van der Waals surface area contributed by atoms with Crippen molar-refractivity contribution >= 4 is 11.8 Å². The monoisotopic (exact) mass is 714 g/mol. The maximum atomic E-state index is 12.8. The second kappa shape index (κ2) is 16.1. The van der Waals surface area contributed by atoms with Crippen LogP contribution in [0.5, 0.6) is 0 Å². The van der Waals surface area contributed by atoms with Crippen LogP contribution in [0.2, 0.25) is 0 Å². The van der Waals surface area contributed by atoms with Crippen LogP contribution >= 0.6 is 0 Å². The van der Waals surface area contributed by atoms with Gasteiger partial charge < -0.3 is 20.5 Å². The number of allylic oxidation sites excluding steroid dienone is 2. The van der Waals surface area contributed by atoms with Crippen LogP contribution in [0, 0.1) is 35.0 Å². The number of carbonyl (C=O) groups is 2. The minimum atomic E-state index is -0.162. The molecule has 3 N–H and O–H groups in total. The lowest BCUT2D eigenvalue weighted by atomic mass is 9.56. The molecule has 4 aliphatic carbocycles. The van der Waals surface area contributed by atoms with Gasteiger partial charge in [0.25, 0.3) is 0 Å². The van der Waals surface area contributed by atoms with Crippen molar-refractivity contribution in [1.29, 1.82) is 0 Å². The molecule has 1 aromatic carbocycles. The predicted molar refractivity (Wildman–Crippen MR) is 207 cm³/mol. The number of hydrogen-bond acceptors (Lipinski definition) is 5. The third-order valence-electron chi connectivity index (χ3n) is 15.0. The molecule has 1 aromatic rings. The highest BCUT2D eigenvalue weighted by Crippen LogP contribution is 2.65. The molecule has 0 bridgehead atoms. The predicted octanol–water partition coefficient (Wildman–Crippen LogP) is 7.53. The third kappa shape index (κ3) is 7.57. The summed E-state index contributed by atoms with van der Waals surface area (Å²) in [6.45, 7) is 13.1. The van der Waals surface area contributed by atoms with Crippen molar-refractivity contribution in [1.82, 2.24) is 15.5 Å². The Bertz CT molecular complexity index is 1490. The number of aryl methyl sites for hydroxylation is 1. The Labute approximate surface area is 313 Å². The van der Waals surface area contributed by atoms with Crippen LogP contribution in [0.4, 0.5) is 0 Å². The van der Waals surface area contributed by atoms with Gasteiger partial charge in [-0.1, -0.05) is 81.2 Å². The average Bonchev–Trinajstić information content (AvgIpc) is 3.65. The first-order valence-electron chi connectivity index (χ1n) is 21.2. The molecule has 4 fully saturated rings. The van der Waals surface area contributed by atoms with Crippen LogP contribution in [0.25, 0.3) is 0 Å². The number of likely N-dealkylation sites (tertiary alicyclic amines) is 1. The quantitative estimate of drug-likeness (QED) is 0.145. The van der Waals surface area contributed by atoms with E-state index in [0.29, 0.717) is 55.6 Å². The summed E-state index contributed by atoms with van der Waals surface area (Å²) < 4.78 is 7.33. The zero-order valence-corrected chi connectivity index (χ0v) is 32.6. The summed E-state index contributed by atoms with van der Waals surface area (Å²) in [6.07, 6.45) is 17.2. The number of carbonyl (C=O) groups excluding carboxylic acids is 2. The van der Waals surface area contributed by atoms with Gasteiger partial charge in [-0.15, -0.1) is 0 Å². The van der Waals surface area contributed by atoms with Gasteiger partial charge >= 0.3 is 0 Å². The molecule has 7 heteroatoms. The van der Waals surface area contributed by atoms with E-state index in [1.54, 1.807) is 16.7 Å². The summed E-state index contributed by atoms with van der Waals surface area (Å²) in [6, 6.07) is 10.5. The minimum Gasteiger partial charge on any atom is -0.393 e. The van der Waals surface area contributed by atoms with Gasteiger partial charge in [-0.3, -0.25) is 14.5 Å². The highest BCUT2D eigenvalue weighted by Gasteiger charge is 2.61. The molecule has 7 nitrogen and oxygen atoms in total. The summed E-state index contributed by atoms with van der Waals surface area (Å²) >= 11 is 0. The number of ether oxygens (including phenoxy) is 1. The van der Waals surface area contributed by atoms with Gasteiger partial charge in [-0.05, 0) is 118 Å². The van der Waals surface area contributed by atoms with E-state index >= 15 is 0 Å². The van der Waals surface area contributed by atoms with Crippen LogP contribution in [-0.2, 0) is 20.7 Å². The van der Waals surface area contributed by atoms with Gasteiger partial charge in [0, 0.05) is 51.0 Å². The molecule has 2 saturated carbocycles. The van der Waals surface area contributed by atoms with Gasteiger partial charge in [0.2, 0.25) is 11.8 Å². The molecule has 2 amide bonds. The molecule has 2 heterocycles. The van der Waals surface area contributed by atoms with Crippen LogP contribution in [-0.4, -0.2) is 71.9 Å². The Morgan fingerprint density at radius 1 is 0.962 bits per heavy atom. The summed E-state index contributed by atoms with van der Waals surface area (Å²) in [5, 5.41) is 16.7. The maximum Gasteiger partial charge on any atom is 0.220 e. The Hall–Kier alpha value is -2.48. The average molecular weight is 714 g/mol. The fraction of sp³-hybridized carbons (Fsp3) is 0.733. The summed E-state index contributed by atoms with van der Waals surface area (Å²) in [5.74, 6) is 3.42. The van der Waals surface area contributed by atoms with Crippen molar-refractivity contribution < 1.29 is 19.4 Å². The molecule has 1 unspecified atom stereocenters. The number of fused-ring (bicyclic) bond motifs is 6. The first-order chi connectivity index (χ1) is 25.1. The number of benzene rings is 1. The third-order valence-corrected chi connectivity index (χ3v) is 15.0. The van der Waals surface area contributed by atoms with Crippen LogP contribution in [0.15, 0.2) is 53.1 Å². The summed E-state index contributed by atoms with van der Waals surface area (Å²) in [5.41, 5.74) is 6.11. The lowest BCUT2D eigenvalue weighted by Gasteiger charge is -2.49. The van der Waals surface area contributed by atoms with E-state index in [4.69, 9.17) is 4.74 Å². The molecule has 0 radical (unpaired) electrons. The second-order valence-corrected chi connectivity index (χ2v) is 18.1. The zero-order valence-electron chi connectivity index (χ0n) is 32.6. The lowest BCUT2D eigenvalue weighted by molar-refractivity contribution is -0.121. The van der Waals surface area contributed by atoms with Crippen LogP contribution < -0.4 is 10.6 Å².